The number of thioether (sulfide) groups is 1. The van der Waals surface area contributed by atoms with Gasteiger partial charge in [-0.2, -0.15) is 11.8 Å². The first-order chi connectivity index (χ1) is 7.75. The third-order valence-corrected chi connectivity index (χ3v) is 5.18. The lowest BCUT2D eigenvalue weighted by atomic mass is 9.99. The summed E-state index contributed by atoms with van der Waals surface area (Å²) in [6.45, 7) is 3.44. The molecule has 0 N–H and O–H groups in total. The molecular weight excluding hydrogens is 240 g/mol. The molecule has 2 unspecified atom stereocenters. The van der Waals surface area contributed by atoms with E-state index in [9.17, 15) is 0 Å². The van der Waals surface area contributed by atoms with Crippen molar-refractivity contribution in [1.29, 1.82) is 0 Å². The largest absolute Gasteiger partial charge is 0.330 e. The Hall–Kier alpha value is -0.150. The Balaban J connectivity index is 1.98. The lowest BCUT2D eigenvalue weighted by Gasteiger charge is -2.23. The molecule has 1 aromatic rings. The standard InChI is InChI=1S/C12H17ClN2S/c1-8-2-3-10-11(13)14-12(15(10)6-8)9-4-5-16-7-9/h8-9H,2-7H2,1H3. The number of fused-ring (bicyclic) bond motifs is 1. The lowest BCUT2D eigenvalue weighted by molar-refractivity contribution is 0.386. The molecule has 0 aromatic carbocycles. The Labute approximate surface area is 106 Å². The number of imidazole rings is 1. The molecule has 0 saturated carbocycles. The quantitative estimate of drug-likeness (QED) is 0.767. The van der Waals surface area contributed by atoms with Crippen LogP contribution in [0.15, 0.2) is 0 Å². The van der Waals surface area contributed by atoms with E-state index in [0.717, 1.165) is 24.0 Å². The van der Waals surface area contributed by atoms with Crippen LogP contribution in [0.4, 0.5) is 0 Å². The molecule has 16 heavy (non-hydrogen) atoms. The molecule has 4 heteroatoms. The average Bonchev–Trinajstić information content (AvgIpc) is 2.86. The Bertz CT molecular complexity index is 396. The summed E-state index contributed by atoms with van der Waals surface area (Å²) in [6, 6.07) is 0. The van der Waals surface area contributed by atoms with Gasteiger partial charge in [0.2, 0.25) is 0 Å². The van der Waals surface area contributed by atoms with E-state index in [2.05, 4.69) is 16.5 Å². The van der Waals surface area contributed by atoms with Crippen LogP contribution in [-0.4, -0.2) is 21.1 Å². The van der Waals surface area contributed by atoms with Gasteiger partial charge in [-0.3, -0.25) is 0 Å². The van der Waals surface area contributed by atoms with Gasteiger partial charge >= 0.3 is 0 Å². The van der Waals surface area contributed by atoms with Crippen molar-refractivity contribution in [3.63, 3.8) is 0 Å². The van der Waals surface area contributed by atoms with Crippen LogP contribution in [0.25, 0.3) is 0 Å². The van der Waals surface area contributed by atoms with Gasteiger partial charge in [0.25, 0.3) is 0 Å². The van der Waals surface area contributed by atoms with Gasteiger partial charge in [0, 0.05) is 18.2 Å². The minimum absolute atomic E-state index is 0.640. The zero-order chi connectivity index (χ0) is 11.1. The first-order valence-corrected chi connectivity index (χ1v) is 7.61. The van der Waals surface area contributed by atoms with Gasteiger partial charge in [-0.1, -0.05) is 18.5 Å². The molecule has 3 heterocycles. The molecule has 2 atom stereocenters. The number of halogens is 1. The maximum atomic E-state index is 6.25. The van der Waals surface area contributed by atoms with Crippen LogP contribution in [0, 0.1) is 5.92 Å². The highest BCUT2D eigenvalue weighted by Gasteiger charge is 2.28. The fraction of sp³-hybridized carbons (Fsp3) is 0.750. The van der Waals surface area contributed by atoms with Crippen molar-refractivity contribution in [2.24, 2.45) is 5.92 Å². The number of hydrogen-bond donors (Lipinski definition) is 0. The highest BCUT2D eigenvalue weighted by atomic mass is 35.5. The van der Waals surface area contributed by atoms with Gasteiger partial charge < -0.3 is 4.57 Å². The highest BCUT2D eigenvalue weighted by Crippen LogP contribution is 2.36. The molecule has 1 fully saturated rings. The van der Waals surface area contributed by atoms with Crippen molar-refractivity contribution in [2.75, 3.05) is 11.5 Å². The average molecular weight is 257 g/mol. The number of nitrogens with zero attached hydrogens (tertiary/aromatic N) is 2. The van der Waals surface area contributed by atoms with Crippen molar-refractivity contribution in [2.45, 2.75) is 38.6 Å². The van der Waals surface area contributed by atoms with Crippen molar-refractivity contribution in [1.82, 2.24) is 9.55 Å². The topological polar surface area (TPSA) is 17.8 Å². The number of rotatable bonds is 1. The number of hydrogen-bond acceptors (Lipinski definition) is 2. The van der Waals surface area contributed by atoms with Crippen molar-refractivity contribution >= 4 is 23.4 Å². The summed E-state index contributed by atoms with van der Waals surface area (Å²) in [5, 5.41) is 0.763. The molecule has 0 amide bonds. The smallest absolute Gasteiger partial charge is 0.150 e. The molecule has 1 saturated heterocycles. The van der Waals surface area contributed by atoms with E-state index in [1.165, 1.54) is 35.9 Å². The van der Waals surface area contributed by atoms with E-state index in [0.29, 0.717) is 5.92 Å². The molecular formula is C12H17ClN2S. The minimum atomic E-state index is 0.640. The maximum Gasteiger partial charge on any atom is 0.150 e. The number of aromatic nitrogens is 2. The molecule has 2 aliphatic heterocycles. The van der Waals surface area contributed by atoms with E-state index in [-0.39, 0.29) is 0 Å². The Morgan fingerprint density at radius 2 is 2.31 bits per heavy atom. The van der Waals surface area contributed by atoms with Crippen LogP contribution in [0.2, 0.25) is 5.15 Å². The van der Waals surface area contributed by atoms with E-state index in [1.54, 1.807) is 0 Å². The second-order valence-corrected chi connectivity index (χ2v) is 6.53. The fourth-order valence-corrected chi connectivity index (χ4v) is 4.25. The van der Waals surface area contributed by atoms with Crippen molar-refractivity contribution in [3.05, 3.63) is 16.7 Å². The second kappa shape index (κ2) is 4.26. The Morgan fingerprint density at radius 1 is 1.44 bits per heavy atom. The van der Waals surface area contributed by atoms with Crippen molar-refractivity contribution in [3.8, 4) is 0 Å². The monoisotopic (exact) mass is 256 g/mol. The molecule has 1 aromatic heterocycles. The van der Waals surface area contributed by atoms with Gasteiger partial charge in [-0.25, -0.2) is 4.98 Å². The minimum Gasteiger partial charge on any atom is -0.330 e. The summed E-state index contributed by atoms with van der Waals surface area (Å²) in [5.41, 5.74) is 1.28. The summed E-state index contributed by atoms with van der Waals surface area (Å²) < 4.78 is 2.41. The summed E-state index contributed by atoms with van der Waals surface area (Å²) in [5.74, 6) is 5.17. The van der Waals surface area contributed by atoms with Gasteiger partial charge in [0.1, 0.15) is 5.82 Å². The summed E-state index contributed by atoms with van der Waals surface area (Å²) in [6.07, 6.45) is 3.63. The van der Waals surface area contributed by atoms with Crippen LogP contribution < -0.4 is 0 Å². The normalized spacial score (nSPS) is 29.4. The van der Waals surface area contributed by atoms with Crippen LogP contribution in [0.1, 0.15) is 37.2 Å². The predicted molar refractivity (Wildman–Crippen MR) is 69.4 cm³/mol. The van der Waals surface area contributed by atoms with Gasteiger partial charge in [-0.15, -0.1) is 0 Å². The zero-order valence-electron chi connectivity index (χ0n) is 9.58. The summed E-state index contributed by atoms with van der Waals surface area (Å²) in [4.78, 5) is 4.62. The van der Waals surface area contributed by atoms with E-state index in [4.69, 9.17) is 11.6 Å². The third kappa shape index (κ3) is 1.78. The van der Waals surface area contributed by atoms with Gasteiger partial charge in [0.15, 0.2) is 5.15 Å². The first-order valence-electron chi connectivity index (χ1n) is 6.08. The molecule has 0 radical (unpaired) electrons. The van der Waals surface area contributed by atoms with Crippen LogP contribution in [-0.2, 0) is 13.0 Å². The molecule has 2 aliphatic rings. The summed E-state index contributed by atoms with van der Waals surface area (Å²) >= 11 is 8.29. The zero-order valence-corrected chi connectivity index (χ0v) is 11.2. The van der Waals surface area contributed by atoms with Crippen molar-refractivity contribution < 1.29 is 0 Å². The van der Waals surface area contributed by atoms with E-state index in [1.807, 2.05) is 11.8 Å². The van der Waals surface area contributed by atoms with Gasteiger partial charge in [0.05, 0.1) is 5.69 Å². The molecule has 3 rings (SSSR count). The SMILES string of the molecule is CC1CCc2c(Cl)nc(C3CCSC3)n2C1. The molecule has 0 bridgehead atoms. The second-order valence-electron chi connectivity index (χ2n) is 5.02. The molecule has 0 aliphatic carbocycles. The molecule has 0 spiro atoms. The highest BCUT2D eigenvalue weighted by molar-refractivity contribution is 7.99. The lowest BCUT2D eigenvalue weighted by Crippen LogP contribution is -2.21. The van der Waals surface area contributed by atoms with Crippen LogP contribution in [0.3, 0.4) is 0 Å². The Morgan fingerprint density at radius 3 is 3.06 bits per heavy atom. The third-order valence-electron chi connectivity index (χ3n) is 3.72. The Kier molecular flexibility index (Phi) is 2.92. The van der Waals surface area contributed by atoms with Crippen LogP contribution in [0.5, 0.6) is 0 Å². The van der Waals surface area contributed by atoms with Gasteiger partial charge in [-0.05, 0) is 30.9 Å². The molecule has 88 valence electrons. The van der Waals surface area contributed by atoms with E-state index < -0.39 is 0 Å². The first kappa shape index (κ1) is 11.0. The fourth-order valence-electron chi connectivity index (χ4n) is 2.75. The predicted octanol–water partition coefficient (Wildman–Crippen LogP) is 3.34. The van der Waals surface area contributed by atoms with Crippen LogP contribution >= 0.6 is 23.4 Å². The maximum absolute atomic E-state index is 6.25. The summed E-state index contributed by atoms with van der Waals surface area (Å²) in [7, 11) is 0. The molecule has 2 nitrogen and oxygen atoms in total. The van der Waals surface area contributed by atoms with E-state index >= 15 is 0 Å².